The molecule has 0 saturated heterocycles. The van der Waals surface area contributed by atoms with Gasteiger partial charge in [-0.05, 0) is 48.7 Å². The van der Waals surface area contributed by atoms with Gasteiger partial charge >= 0.3 is 12.1 Å². The van der Waals surface area contributed by atoms with E-state index in [0.717, 1.165) is 11.1 Å². The second-order valence-electron chi connectivity index (χ2n) is 8.11. The topological polar surface area (TPSA) is 83.7 Å². The predicted octanol–water partition coefficient (Wildman–Crippen LogP) is 4.94. The van der Waals surface area contributed by atoms with Gasteiger partial charge in [0.2, 0.25) is 0 Å². The maximum Gasteiger partial charge on any atom is 0.490 e. The van der Waals surface area contributed by atoms with Gasteiger partial charge in [-0.25, -0.2) is 14.2 Å². The molecule has 32 heavy (non-hydrogen) atoms. The van der Waals surface area contributed by atoms with Crippen LogP contribution < -0.4 is 5.32 Å². The molecule has 1 aromatic carbocycles. The summed E-state index contributed by atoms with van der Waals surface area (Å²) in [7, 11) is 0. The third-order valence-corrected chi connectivity index (χ3v) is 4.76. The van der Waals surface area contributed by atoms with E-state index in [9.17, 15) is 22.4 Å². The van der Waals surface area contributed by atoms with Crippen molar-refractivity contribution >= 4 is 17.4 Å². The Morgan fingerprint density at radius 3 is 2.12 bits per heavy atom. The van der Waals surface area contributed by atoms with Crippen molar-refractivity contribution in [2.45, 2.75) is 39.9 Å². The molecule has 2 heterocycles. The molecule has 3 rings (SSSR count). The number of benzene rings is 1. The normalized spacial score (nSPS) is 12.6. The Morgan fingerprint density at radius 2 is 1.62 bits per heavy atom. The monoisotopic (exact) mass is 453 g/mol. The first-order valence-corrected chi connectivity index (χ1v) is 9.56. The minimum Gasteiger partial charge on any atom is -0.475 e. The lowest BCUT2D eigenvalue weighted by atomic mass is 9.88. The minimum atomic E-state index is -5.08. The van der Waals surface area contributed by atoms with Crippen LogP contribution in [0.2, 0.25) is 0 Å². The molecule has 1 unspecified atom stereocenters. The summed E-state index contributed by atoms with van der Waals surface area (Å²) >= 11 is 0. The number of imidazole rings is 1. The summed E-state index contributed by atoms with van der Waals surface area (Å²) in [5, 5.41) is 10.2. The number of hydrogen-bond acceptors (Lipinski definition) is 3. The predicted molar refractivity (Wildman–Crippen MR) is 111 cm³/mol. The molecule has 1 atom stereocenters. The molecular formula is C22H23F4N3O3. The first kappa shape index (κ1) is 24.8. The van der Waals surface area contributed by atoms with Crippen LogP contribution in [-0.4, -0.2) is 38.6 Å². The Morgan fingerprint density at radius 1 is 1.06 bits per heavy atom. The minimum absolute atomic E-state index is 0.00488. The number of rotatable bonds is 3. The number of pyridine rings is 1. The van der Waals surface area contributed by atoms with Gasteiger partial charge in [0.1, 0.15) is 11.6 Å². The Kier molecular flexibility index (Phi) is 7.27. The fraction of sp³-hybridized carbons (Fsp3) is 0.318. The van der Waals surface area contributed by atoms with Gasteiger partial charge in [-0.3, -0.25) is 9.20 Å². The van der Waals surface area contributed by atoms with Crippen LogP contribution in [0.15, 0.2) is 48.7 Å². The van der Waals surface area contributed by atoms with Gasteiger partial charge in [-0.1, -0.05) is 26.8 Å². The molecule has 10 heteroatoms. The molecule has 0 bridgehead atoms. The average Bonchev–Trinajstić information content (AvgIpc) is 3.07. The Bertz CT molecular complexity index is 1100. The number of halogens is 4. The van der Waals surface area contributed by atoms with Gasteiger partial charge < -0.3 is 10.4 Å². The molecule has 2 N–H and O–H groups in total. The summed E-state index contributed by atoms with van der Waals surface area (Å²) in [5.41, 5.74) is 1.80. The molecule has 0 aliphatic rings. The van der Waals surface area contributed by atoms with Gasteiger partial charge in [0.05, 0.1) is 5.52 Å². The van der Waals surface area contributed by atoms with E-state index in [4.69, 9.17) is 9.90 Å². The van der Waals surface area contributed by atoms with Crippen LogP contribution in [0.1, 0.15) is 38.2 Å². The van der Waals surface area contributed by atoms with Crippen molar-refractivity contribution in [2.75, 3.05) is 0 Å². The highest BCUT2D eigenvalue weighted by molar-refractivity contribution is 6.00. The third-order valence-electron chi connectivity index (χ3n) is 4.76. The van der Waals surface area contributed by atoms with Gasteiger partial charge in [-0.15, -0.1) is 0 Å². The molecule has 6 nitrogen and oxygen atoms in total. The van der Waals surface area contributed by atoms with E-state index in [1.165, 1.54) is 12.1 Å². The van der Waals surface area contributed by atoms with E-state index in [1.807, 2.05) is 35.7 Å². The fourth-order valence-corrected chi connectivity index (χ4v) is 2.49. The number of aliphatic carboxylic acids is 1. The van der Waals surface area contributed by atoms with E-state index >= 15 is 0 Å². The van der Waals surface area contributed by atoms with Crippen molar-refractivity contribution in [3.63, 3.8) is 0 Å². The van der Waals surface area contributed by atoms with Gasteiger partial charge in [-0.2, -0.15) is 13.2 Å². The zero-order valence-electron chi connectivity index (χ0n) is 17.9. The molecular weight excluding hydrogens is 430 g/mol. The van der Waals surface area contributed by atoms with Crippen LogP contribution in [0.4, 0.5) is 17.6 Å². The maximum absolute atomic E-state index is 13.2. The number of aromatic nitrogens is 2. The lowest BCUT2D eigenvalue weighted by Gasteiger charge is -2.27. The zero-order chi connectivity index (χ0) is 24.3. The Balaban J connectivity index is 0.000000451. The summed E-state index contributed by atoms with van der Waals surface area (Å²) < 4.78 is 46.8. The number of fused-ring (bicyclic) bond motifs is 1. The van der Waals surface area contributed by atoms with Crippen molar-refractivity contribution in [1.29, 1.82) is 0 Å². The Labute approximate surface area is 181 Å². The number of hydrogen-bond donors (Lipinski definition) is 2. The second-order valence-corrected chi connectivity index (χ2v) is 8.11. The van der Waals surface area contributed by atoms with Gasteiger partial charge in [0.25, 0.3) is 5.91 Å². The Hall–Kier alpha value is -3.43. The van der Waals surface area contributed by atoms with Gasteiger partial charge in [0.15, 0.2) is 5.69 Å². The molecule has 1 amide bonds. The number of nitrogens with one attached hydrogen (secondary N) is 1. The van der Waals surface area contributed by atoms with E-state index in [0.29, 0.717) is 11.5 Å². The van der Waals surface area contributed by atoms with Crippen LogP contribution in [0, 0.1) is 11.2 Å². The number of carbonyl (C=O) groups is 2. The highest BCUT2D eigenvalue weighted by Crippen LogP contribution is 2.24. The van der Waals surface area contributed by atoms with Crippen molar-refractivity contribution in [3.05, 3.63) is 60.2 Å². The molecule has 0 fully saturated rings. The van der Waals surface area contributed by atoms with Crippen LogP contribution >= 0.6 is 0 Å². The third kappa shape index (κ3) is 6.05. The summed E-state index contributed by atoms with van der Waals surface area (Å²) in [5.74, 6) is -2.65. The summed E-state index contributed by atoms with van der Waals surface area (Å²) in [6, 6.07) is 11.7. The first-order chi connectivity index (χ1) is 14.7. The second kappa shape index (κ2) is 9.37. The largest absolute Gasteiger partial charge is 0.490 e. The summed E-state index contributed by atoms with van der Waals surface area (Å²) in [6.07, 6.45) is -3.23. The van der Waals surface area contributed by atoms with Crippen LogP contribution in [0.25, 0.3) is 16.9 Å². The van der Waals surface area contributed by atoms with E-state index < -0.39 is 12.1 Å². The van der Waals surface area contributed by atoms with Crippen LogP contribution in [0.3, 0.4) is 0 Å². The average molecular weight is 453 g/mol. The van der Waals surface area contributed by atoms with Crippen molar-refractivity contribution in [1.82, 2.24) is 14.7 Å². The standard InChI is InChI=1S/C20H22FN3O.C2HF3O2/c1-13(20(2,3)4)22-19(25)17-16-7-5-6-12-24(16)18(23-17)14-8-10-15(21)11-9-14;3-2(4,5)1(6)7/h5-13H,1-4H3,(H,22,25);(H,6,7). The number of amides is 1. The lowest BCUT2D eigenvalue weighted by molar-refractivity contribution is -0.192. The zero-order valence-corrected chi connectivity index (χ0v) is 17.9. The molecule has 0 saturated carbocycles. The van der Waals surface area contributed by atoms with E-state index in [2.05, 4.69) is 31.1 Å². The van der Waals surface area contributed by atoms with Crippen LogP contribution in [0.5, 0.6) is 0 Å². The molecule has 0 aliphatic carbocycles. The summed E-state index contributed by atoms with van der Waals surface area (Å²) in [4.78, 5) is 26.2. The highest BCUT2D eigenvalue weighted by Gasteiger charge is 2.38. The lowest BCUT2D eigenvalue weighted by Crippen LogP contribution is -2.41. The highest BCUT2D eigenvalue weighted by atomic mass is 19.4. The van der Waals surface area contributed by atoms with E-state index in [-0.39, 0.29) is 23.2 Å². The molecule has 0 spiro atoms. The molecule has 0 aliphatic heterocycles. The smallest absolute Gasteiger partial charge is 0.475 e. The molecule has 172 valence electrons. The number of carboxylic acid groups (broad SMARTS) is 1. The van der Waals surface area contributed by atoms with Gasteiger partial charge in [0, 0.05) is 17.8 Å². The van der Waals surface area contributed by atoms with E-state index in [1.54, 1.807) is 12.1 Å². The number of carbonyl (C=O) groups excluding carboxylic acids is 1. The van der Waals surface area contributed by atoms with Crippen LogP contribution in [-0.2, 0) is 4.79 Å². The number of nitrogens with zero attached hydrogens (tertiary/aromatic N) is 2. The molecule has 0 radical (unpaired) electrons. The fourth-order valence-electron chi connectivity index (χ4n) is 2.49. The van der Waals surface area contributed by atoms with Crippen molar-refractivity contribution in [2.24, 2.45) is 5.41 Å². The quantitative estimate of drug-likeness (QED) is 0.551. The summed E-state index contributed by atoms with van der Waals surface area (Å²) in [6.45, 7) is 8.21. The molecule has 3 aromatic rings. The molecule has 2 aromatic heterocycles. The number of carboxylic acids is 1. The first-order valence-electron chi connectivity index (χ1n) is 9.56. The van der Waals surface area contributed by atoms with Crippen molar-refractivity contribution in [3.8, 4) is 11.4 Å². The SMILES string of the molecule is CC(NC(=O)c1nc(-c2ccc(F)cc2)n2ccccc12)C(C)(C)C.O=C(O)C(F)(F)F. The maximum atomic E-state index is 13.2. The van der Waals surface area contributed by atoms with Crippen molar-refractivity contribution < 1.29 is 32.3 Å². The number of alkyl halides is 3.